The highest BCUT2D eigenvalue weighted by molar-refractivity contribution is 9.10. The van der Waals surface area contributed by atoms with Gasteiger partial charge in [0.15, 0.2) is 0 Å². The molecule has 5 heteroatoms. The van der Waals surface area contributed by atoms with E-state index in [1.165, 1.54) is 7.11 Å². The van der Waals surface area contributed by atoms with E-state index in [0.29, 0.717) is 17.1 Å². The van der Waals surface area contributed by atoms with E-state index >= 15 is 0 Å². The molecule has 0 saturated carbocycles. The van der Waals surface area contributed by atoms with Crippen molar-refractivity contribution in [2.45, 2.75) is 13.5 Å². The van der Waals surface area contributed by atoms with Gasteiger partial charge in [-0.25, -0.2) is 4.79 Å². The molecule has 0 radical (unpaired) electrons. The third-order valence-corrected chi connectivity index (χ3v) is 4.08. The van der Waals surface area contributed by atoms with Crippen LogP contribution in [0.2, 0.25) is 5.02 Å². The van der Waals surface area contributed by atoms with E-state index in [-0.39, 0.29) is 5.97 Å². The molecule has 0 aliphatic heterocycles. The lowest BCUT2D eigenvalue weighted by molar-refractivity contribution is 0.0600. The largest absolute Gasteiger partial charge is 0.465 e. The van der Waals surface area contributed by atoms with Crippen molar-refractivity contribution >= 4 is 39.2 Å². The van der Waals surface area contributed by atoms with Gasteiger partial charge in [0.25, 0.3) is 0 Å². The zero-order valence-electron chi connectivity index (χ0n) is 11.7. The Bertz CT molecular complexity index is 673. The third-order valence-electron chi connectivity index (χ3n) is 3.22. The van der Waals surface area contributed by atoms with E-state index in [1.54, 1.807) is 6.07 Å². The van der Waals surface area contributed by atoms with Gasteiger partial charge in [0.2, 0.25) is 0 Å². The predicted octanol–water partition coefficient (Wildman–Crippen LogP) is 4.81. The number of anilines is 1. The summed E-state index contributed by atoms with van der Waals surface area (Å²) in [5.41, 5.74) is 3.28. The molecule has 2 aromatic rings. The quantitative estimate of drug-likeness (QED) is 0.787. The number of hydrogen-bond donors (Lipinski definition) is 1. The lowest BCUT2D eigenvalue weighted by Gasteiger charge is -2.13. The van der Waals surface area contributed by atoms with Crippen molar-refractivity contribution in [2.24, 2.45) is 0 Å². The fourth-order valence-corrected chi connectivity index (χ4v) is 2.62. The molecule has 0 aromatic heterocycles. The van der Waals surface area contributed by atoms with Gasteiger partial charge in [0.1, 0.15) is 0 Å². The van der Waals surface area contributed by atoms with Crippen LogP contribution in [0.4, 0.5) is 5.69 Å². The molecule has 0 saturated heterocycles. The molecule has 0 atom stereocenters. The van der Waals surface area contributed by atoms with Gasteiger partial charge in [0, 0.05) is 21.7 Å². The molecule has 0 aliphatic rings. The molecule has 0 amide bonds. The topological polar surface area (TPSA) is 38.3 Å². The normalized spacial score (nSPS) is 10.3. The number of esters is 1. The van der Waals surface area contributed by atoms with Gasteiger partial charge < -0.3 is 10.1 Å². The lowest BCUT2D eigenvalue weighted by Crippen LogP contribution is -2.07. The second kappa shape index (κ2) is 6.96. The van der Waals surface area contributed by atoms with Crippen LogP contribution in [0.25, 0.3) is 0 Å². The minimum atomic E-state index is -0.336. The van der Waals surface area contributed by atoms with Crippen LogP contribution in [0, 0.1) is 6.92 Å². The average molecular weight is 369 g/mol. The summed E-state index contributed by atoms with van der Waals surface area (Å²) in [6.07, 6.45) is 0. The zero-order chi connectivity index (χ0) is 15.4. The summed E-state index contributed by atoms with van der Waals surface area (Å²) in [5, 5.41) is 4.00. The molecule has 0 fully saturated rings. The second-order valence-corrected chi connectivity index (χ2v) is 5.88. The fraction of sp³-hybridized carbons (Fsp3) is 0.188. The van der Waals surface area contributed by atoms with E-state index < -0.39 is 0 Å². The number of methoxy groups -OCH3 is 1. The molecule has 110 valence electrons. The Hall–Kier alpha value is -1.52. The number of carbonyl (C=O) groups excluding carboxylic acids is 1. The standard InChI is InChI=1S/C16H15BrClNO2/c1-10-13(16(20)21-2)4-3-5-15(10)19-9-11-8-12(17)6-7-14(11)18/h3-8,19H,9H2,1-2H3. The molecule has 2 aromatic carbocycles. The summed E-state index contributed by atoms with van der Waals surface area (Å²) in [4.78, 5) is 11.7. The van der Waals surface area contributed by atoms with Crippen molar-refractivity contribution in [3.8, 4) is 0 Å². The van der Waals surface area contributed by atoms with Gasteiger partial charge in [-0.15, -0.1) is 0 Å². The Kier molecular flexibility index (Phi) is 5.26. The van der Waals surface area contributed by atoms with Crippen molar-refractivity contribution in [1.82, 2.24) is 0 Å². The van der Waals surface area contributed by atoms with Crippen molar-refractivity contribution in [1.29, 1.82) is 0 Å². The van der Waals surface area contributed by atoms with Crippen LogP contribution >= 0.6 is 27.5 Å². The Morgan fingerprint density at radius 3 is 2.81 bits per heavy atom. The number of hydrogen-bond acceptors (Lipinski definition) is 3. The summed E-state index contributed by atoms with van der Waals surface area (Å²) in [6, 6.07) is 11.2. The maximum absolute atomic E-state index is 11.7. The Labute approximate surface area is 137 Å². The first-order valence-electron chi connectivity index (χ1n) is 6.38. The summed E-state index contributed by atoms with van der Waals surface area (Å²) in [5.74, 6) is -0.336. The Balaban J connectivity index is 2.21. The first-order valence-corrected chi connectivity index (χ1v) is 7.55. The molecule has 0 spiro atoms. The highest BCUT2D eigenvalue weighted by Gasteiger charge is 2.11. The summed E-state index contributed by atoms with van der Waals surface area (Å²) >= 11 is 9.60. The van der Waals surface area contributed by atoms with E-state index in [9.17, 15) is 4.79 Å². The van der Waals surface area contributed by atoms with Crippen LogP contribution < -0.4 is 5.32 Å². The maximum atomic E-state index is 11.7. The van der Waals surface area contributed by atoms with Crippen LogP contribution in [0.5, 0.6) is 0 Å². The minimum absolute atomic E-state index is 0.336. The van der Waals surface area contributed by atoms with Crippen LogP contribution in [0.15, 0.2) is 40.9 Å². The minimum Gasteiger partial charge on any atom is -0.465 e. The number of rotatable bonds is 4. The highest BCUT2D eigenvalue weighted by Crippen LogP contribution is 2.24. The van der Waals surface area contributed by atoms with Crippen LogP contribution in [0.3, 0.4) is 0 Å². The molecule has 0 unspecified atom stereocenters. The highest BCUT2D eigenvalue weighted by atomic mass is 79.9. The van der Waals surface area contributed by atoms with Crippen molar-refractivity contribution < 1.29 is 9.53 Å². The van der Waals surface area contributed by atoms with Gasteiger partial charge in [-0.05, 0) is 48.4 Å². The first-order chi connectivity index (χ1) is 10.0. The molecule has 1 N–H and O–H groups in total. The van der Waals surface area contributed by atoms with Gasteiger partial charge in [-0.3, -0.25) is 0 Å². The summed E-state index contributed by atoms with van der Waals surface area (Å²) in [7, 11) is 1.38. The first kappa shape index (κ1) is 15.9. The molecule has 0 aliphatic carbocycles. The number of ether oxygens (including phenoxy) is 1. The van der Waals surface area contributed by atoms with Gasteiger partial charge in [-0.2, -0.15) is 0 Å². The number of carbonyl (C=O) groups is 1. The van der Waals surface area contributed by atoms with E-state index in [1.807, 2.05) is 37.3 Å². The Morgan fingerprint density at radius 1 is 1.33 bits per heavy atom. The molecule has 2 rings (SSSR count). The number of benzene rings is 2. The average Bonchev–Trinajstić information content (AvgIpc) is 2.48. The van der Waals surface area contributed by atoms with Crippen molar-refractivity contribution in [3.05, 3.63) is 62.6 Å². The van der Waals surface area contributed by atoms with Crippen LogP contribution in [-0.2, 0) is 11.3 Å². The van der Waals surface area contributed by atoms with Crippen LogP contribution in [-0.4, -0.2) is 13.1 Å². The van der Waals surface area contributed by atoms with Gasteiger partial charge >= 0.3 is 5.97 Å². The van der Waals surface area contributed by atoms with Crippen molar-refractivity contribution in [3.63, 3.8) is 0 Å². The van der Waals surface area contributed by atoms with Crippen molar-refractivity contribution in [2.75, 3.05) is 12.4 Å². The van der Waals surface area contributed by atoms with E-state index in [4.69, 9.17) is 16.3 Å². The SMILES string of the molecule is COC(=O)c1cccc(NCc2cc(Br)ccc2Cl)c1C. The lowest BCUT2D eigenvalue weighted by atomic mass is 10.1. The fourth-order valence-electron chi connectivity index (χ4n) is 2.03. The number of nitrogens with one attached hydrogen (secondary N) is 1. The number of halogens is 2. The summed E-state index contributed by atoms with van der Waals surface area (Å²) < 4.78 is 5.75. The Morgan fingerprint density at radius 2 is 2.10 bits per heavy atom. The van der Waals surface area contributed by atoms with Crippen LogP contribution in [0.1, 0.15) is 21.5 Å². The smallest absolute Gasteiger partial charge is 0.338 e. The second-order valence-electron chi connectivity index (χ2n) is 4.56. The molecule has 0 heterocycles. The maximum Gasteiger partial charge on any atom is 0.338 e. The van der Waals surface area contributed by atoms with Gasteiger partial charge in [0.05, 0.1) is 12.7 Å². The molecular weight excluding hydrogens is 354 g/mol. The zero-order valence-corrected chi connectivity index (χ0v) is 14.1. The third kappa shape index (κ3) is 3.77. The molecule has 21 heavy (non-hydrogen) atoms. The van der Waals surface area contributed by atoms with Gasteiger partial charge in [-0.1, -0.05) is 33.6 Å². The monoisotopic (exact) mass is 367 g/mol. The predicted molar refractivity (Wildman–Crippen MR) is 89.0 cm³/mol. The molecule has 0 bridgehead atoms. The van der Waals surface area contributed by atoms with E-state index in [2.05, 4.69) is 21.2 Å². The molecule has 3 nitrogen and oxygen atoms in total. The molecular formula is C16H15BrClNO2. The summed E-state index contributed by atoms with van der Waals surface area (Å²) in [6.45, 7) is 2.46. The van der Waals surface area contributed by atoms with E-state index in [0.717, 1.165) is 21.3 Å².